The smallest absolute Gasteiger partial charge is 0.255 e. The number of halogens is 3. The van der Waals surface area contributed by atoms with Crippen molar-refractivity contribution < 1.29 is 4.79 Å². The molecular weight excluding hydrogens is 353 g/mol. The second kappa shape index (κ2) is 5.86. The van der Waals surface area contributed by atoms with E-state index >= 15 is 0 Å². The third-order valence-corrected chi connectivity index (χ3v) is 3.17. The first-order chi connectivity index (χ1) is 8.95. The lowest BCUT2D eigenvalue weighted by atomic mass is 10.2. The van der Waals surface area contributed by atoms with Crippen LogP contribution in [0.4, 0.5) is 5.69 Å². The molecule has 1 amide bonds. The van der Waals surface area contributed by atoms with Gasteiger partial charge in [-0.3, -0.25) is 4.79 Å². The summed E-state index contributed by atoms with van der Waals surface area (Å²) >= 11 is 15.0. The van der Waals surface area contributed by atoms with Crippen LogP contribution in [-0.2, 0) is 0 Å². The highest BCUT2D eigenvalue weighted by Gasteiger charge is 2.11. The highest BCUT2D eigenvalue weighted by atomic mass is 79.9. The molecule has 2 rings (SSSR count). The molecule has 1 N–H and O–H groups in total. The minimum absolute atomic E-state index is 0.216. The lowest BCUT2D eigenvalue weighted by Crippen LogP contribution is -2.13. The molecule has 0 unspecified atom stereocenters. The van der Waals surface area contributed by atoms with Gasteiger partial charge in [0.2, 0.25) is 0 Å². The van der Waals surface area contributed by atoms with E-state index in [1.165, 1.54) is 6.07 Å². The van der Waals surface area contributed by atoms with Crippen LogP contribution in [0.5, 0.6) is 0 Å². The lowest BCUT2D eigenvalue weighted by molar-refractivity contribution is 0.102. The van der Waals surface area contributed by atoms with E-state index < -0.39 is 0 Å². The fourth-order valence-corrected chi connectivity index (χ4v) is 2.20. The van der Waals surface area contributed by atoms with Crippen molar-refractivity contribution in [2.24, 2.45) is 0 Å². The highest BCUT2D eigenvalue weighted by molar-refractivity contribution is 9.10. The molecule has 2 heterocycles. The average molecular weight is 361 g/mol. The summed E-state index contributed by atoms with van der Waals surface area (Å²) in [4.78, 5) is 20.0. The number of hydrogen-bond donors (Lipinski definition) is 1. The SMILES string of the molecule is Cc1cc(C(=O)Nc2cc(Br)cnc2Cl)cc(Cl)n1. The van der Waals surface area contributed by atoms with Gasteiger partial charge in [0.1, 0.15) is 5.15 Å². The summed E-state index contributed by atoms with van der Waals surface area (Å²) in [6, 6.07) is 4.80. The van der Waals surface area contributed by atoms with Gasteiger partial charge in [-0.1, -0.05) is 23.2 Å². The summed E-state index contributed by atoms with van der Waals surface area (Å²) in [5.74, 6) is -0.325. The number of hydrogen-bond acceptors (Lipinski definition) is 3. The quantitative estimate of drug-likeness (QED) is 0.820. The van der Waals surface area contributed by atoms with Gasteiger partial charge in [0, 0.05) is 21.9 Å². The molecule has 0 atom stereocenters. The molecule has 0 saturated carbocycles. The number of nitrogens with one attached hydrogen (secondary N) is 1. The minimum Gasteiger partial charge on any atom is -0.319 e. The largest absolute Gasteiger partial charge is 0.319 e. The fourth-order valence-electron chi connectivity index (χ4n) is 1.46. The van der Waals surface area contributed by atoms with Crippen molar-refractivity contribution in [2.45, 2.75) is 6.92 Å². The van der Waals surface area contributed by atoms with E-state index in [1.54, 1.807) is 25.3 Å². The van der Waals surface area contributed by atoms with Crippen molar-refractivity contribution >= 4 is 50.7 Å². The second-order valence-electron chi connectivity index (χ2n) is 3.77. The van der Waals surface area contributed by atoms with Crippen molar-refractivity contribution in [3.05, 3.63) is 50.4 Å². The average Bonchev–Trinajstić information content (AvgIpc) is 2.32. The molecule has 0 fully saturated rings. The third kappa shape index (κ3) is 3.65. The maximum Gasteiger partial charge on any atom is 0.255 e. The van der Waals surface area contributed by atoms with E-state index in [-0.39, 0.29) is 16.2 Å². The van der Waals surface area contributed by atoms with Crippen LogP contribution in [0, 0.1) is 6.92 Å². The molecule has 19 heavy (non-hydrogen) atoms. The van der Waals surface area contributed by atoms with Crippen LogP contribution in [-0.4, -0.2) is 15.9 Å². The summed E-state index contributed by atoms with van der Waals surface area (Å²) < 4.78 is 0.719. The van der Waals surface area contributed by atoms with Crippen LogP contribution < -0.4 is 5.32 Å². The summed E-state index contributed by atoms with van der Waals surface area (Å²) in [7, 11) is 0. The normalized spacial score (nSPS) is 10.3. The van der Waals surface area contributed by atoms with Crippen molar-refractivity contribution in [1.29, 1.82) is 0 Å². The number of carbonyl (C=O) groups is 1. The zero-order chi connectivity index (χ0) is 14.0. The number of aromatic nitrogens is 2. The van der Waals surface area contributed by atoms with Gasteiger partial charge in [-0.05, 0) is 41.1 Å². The fraction of sp³-hybridized carbons (Fsp3) is 0.0833. The molecule has 0 bridgehead atoms. The predicted octanol–water partition coefficient (Wildman–Crippen LogP) is 4.11. The Labute approximate surface area is 128 Å². The number of pyridine rings is 2. The van der Waals surface area contributed by atoms with Gasteiger partial charge in [-0.25, -0.2) is 9.97 Å². The van der Waals surface area contributed by atoms with Crippen LogP contribution in [0.15, 0.2) is 28.9 Å². The van der Waals surface area contributed by atoms with Gasteiger partial charge in [0.15, 0.2) is 5.15 Å². The Balaban J connectivity index is 2.28. The first kappa shape index (κ1) is 14.2. The summed E-state index contributed by atoms with van der Waals surface area (Å²) in [6.07, 6.45) is 1.55. The predicted molar refractivity (Wildman–Crippen MR) is 78.9 cm³/mol. The van der Waals surface area contributed by atoms with E-state index in [9.17, 15) is 4.79 Å². The van der Waals surface area contributed by atoms with E-state index in [2.05, 4.69) is 31.2 Å². The Morgan fingerprint density at radius 2 is 2.05 bits per heavy atom. The van der Waals surface area contributed by atoms with Crippen molar-refractivity contribution in [2.75, 3.05) is 5.32 Å². The minimum atomic E-state index is -0.325. The van der Waals surface area contributed by atoms with Crippen LogP contribution in [0.1, 0.15) is 16.1 Å². The molecule has 2 aromatic heterocycles. The number of nitrogens with zero attached hydrogens (tertiary/aromatic N) is 2. The number of anilines is 1. The summed E-state index contributed by atoms with van der Waals surface area (Å²) in [5.41, 5.74) is 1.50. The molecule has 4 nitrogen and oxygen atoms in total. The molecule has 98 valence electrons. The Hall–Kier alpha value is -1.17. The Morgan fingerprint density at radius 1 is 1.32 bits per heavy atom. The van der Waals surface area contributed by atoms with Gasteiger partial charge >= 0.3 is 0 Å². The van der Waals surface area contributed by atoms with Crippen LogP contribution in [0.3, 0.4) is 0 Å². The number of carbonyl (C=O) groups excluding carboxylic acids is 1. The van der Waals surface area contributed by atoms with E-state index in [1.807, 2.05) is 0 Å². The van der Waals surface area contributed by atoms with Crippen molar-refractivity contribution in [3.63, 3.8) is 0 Å². The first-order valence-electron chi connectivity index (χ1n) is 5.22. The molecule has 0 aliphatic heterocycles. The number of rotatable bonds is 2. The molecule has 0 radical (unpaired) electrons. The summed E-state index contributed by atoms with van der Waals surface area (Å²) in [5, 5.41) is 3.16. The van der Waals surface area contributed by atoms with Gasteiger partial charge in [-0.15, -0.1) is 0 Å². The molecular formula is C12H8BrCl2N3O. The maximum absolute atomic E-state index is 12.1. The molecule has 0 aliphatic rings. The van der Waals surface area contributed by atoms with Gasteiger partial charge in [0.05, 0.1) is 5.69 Å². The van der Waals surface area contributed by atoms with Crippen LogP contribution in [0.2, 0.25) is 10.3 Å². The lowest BCUT2D eigenvalue weighted by Gasteiger charge is -2.07. The maximum atomic E-state index is 12.1. The van der Waals surface area contributed by atoms with Gasteiger partial charge < -0.3 is 5.32 Å². The highest BCUT2D eigenvalue weighted by Crippen LogP contribution is 2.23. The standard InChI is InChI=1S/C12H8BrCl2N3O/c1-6-2-7(3-10(14)17-6)12(19)18-9-4-8(13)5-16-11(9)15/h2-5H,1H3,(H,18,19). The number of amides is 1. The molecule has 0 spiro atoms. The van der Waals surface area contributed by atoms with E-state index in [0.717, 1.165) is 4.47 Å². The van der Waals surface area contributed by atoms with Gasteiger partial charge in [0.25, 0.3) is 5.91 Å². The molecule has 0 saturated heterocycles. The monoisotopic (exact) mass is 359 g/mol. The number of aryl methyl sites for hydroxylation is 1. The molecule has 2 aromatic rings. The Kier molecular flexibility index (Phi) is 4.39. The zero-order valence-corrected chi connectivity index (χ0v) is 12.8. The van der Waals surface area contributed by atoms with Crippen LogP contribution in [0.25, 0.3) is 0 Å². The van der Waals surface area contributed by atoms with Crippen molar-refractivity contribution in [3.8, 4) is 0 Å². The third-order valence-electron chi connectivity index (χ3n) is 2.24. The molecule has 0 aliphatic carbocycles. The van der Waals surface area contributed by atoms with Crippen molar-refractivity contribution in [1.82, 2.24) is 9.97 Å². The van der Waals surface area contributed by atoms with Crippen LogP contribution >= 0.6 is 39.1 Å². The van der Waals surface area contributed by atoms with Gasteiger partial charge in [-0.2, -0.15) is 0 Å². The van der Waals surface area contributed by atoms with E-state index in [0.29, 0.717) is 16.9 Å². The zero-order valence-electron chi connectivity index (χ0n) is 9.75. The molecule has 7 heteroatoms. The first-order valence-corrected chi connectivity index (χ1v) is 6.77. The second-order valence-corrected chi connectivity index (χ2v) is 5.43. The molecule has 0 aromatic carbocycles. The Bertz CT molecular complexity index is 629. The Morgan fingerprint density at radius 3 is 2.74 bits per heavy atom. The van der Waals surface area contributed by atoms with E-state index in [4.69, 9.17) is 23.2 Å². The summed E-state index contributed by atoms with van der Waals surface area (Å²) in [6.45, 7) is 1.76. The topological polar surface area (TPSA) is 54.9 Å².